The number of hydrazine groups is 1. The summed E-state index contributed by atoms with van der Waals surface area (Å²) in [7, 11) is 0. The molecule has 4 N–H and O–H groups in total. The number of hydrogen-bond donors (Lipinski definition) is 3. The van der Waals surface area contributed by atoms with Crippen molar-refractivity contribution < 1.29 is 5.11 Å². The number of anilines is 1. The molecule has 2 aromatic heterocycles. The van der Waals surface area contributed by atoms with Crippen LogP contribution in [0.4, 0.5) is 5.69 Å². The van der Waals surface area contributed by atoms with Crippen LogP contribution >= 0.6 is 0 Å². The predicted molar refractivity (Wildman–Crippen MR) is 49.8 cm³/mol. The molecule has 0 saturated carbocycles. The Hall–Kier alpha value is -1.59. The zero-order chi connectivity index (χ0) is 9.26. The Kier molecular flexibility index (Phi) is 1.88. The highest BCUT2D eigenvalue weighted by molar-refractivity contribution is 5.89. The van der Waals surface area contributed by atoms with Crippen LogP contribution in [0.3, 0.4) is 0 Å². The number of hydrogen-bond acceptors (Lipinski definition) is 4. The Morgan fingerprint density at radius 3 is 3.08 bits per heavy atom. The Bertz CT molecular complexity index is 423. The molecule has 0 spiro atoms. The van der Waals surface area contributed by atoms with Crippen LogP contribution in [-0.4, -0.2) is 14.7 Å². The monoisotopic (exact) mass is 178 g/mol. The first-order valence-corrected chi connectivity index (χ1v) is 3.88. The molecule has 5 nitrogen and oxygen atoms in total. The van der Waals surface area contributed by atoms with Crippen LogP contribution in [0.15, 0.2) is 24.5 Å². The number of fused-ring (bicyclic) bond motifs is 1. The second kappa shape index (κ2) is 3.04. The van der Waals surface area contributed by atoms with Gasteiger partial charge in [-0.15, -0.1) is 0 Å². The minimum Gasteiger partial charge on any atom is -0.376 e. The van der Waals surface area contributed by atoms with Crippen molar-refractivity contribution in [1.29, 1.82) is 0 Å². The van der Waals surface area contributed by atoms with E-state index in [1.807, 2.05) is 6.07 Å². The minimum atomic E-state index is -0.0788. The third kappa shape index (κ3) is 1.14. The average molecular weight is 178 g/mol. The molecule has 0 fully saturated rings. The highest BCUT2D eigenvalue weighted by atomic mass is 16.3. The van der Waals surface area contributed by atoms with E-state index in [1.54, 1.807) is 23.0 Å². The summed E-state index contributed by atoms with van der Waals surface area (Å²) in [5.74, 6) is 5.32. The van der Waals surface area contributed by atoms with E-state index in [0.717, 1.165) is 16.7 Å². The van der Waals surface area contributed by atoms with Gasteiger partial charge in [-0.1, -0.05) is 0 Å². The van der Waals surface area contributed by atoms with Crippen molar-refractivity contribution in [2.75, 3.05) is 5.43 Å². The first-order valence-electron chi connectivity index (χ1n) is 3.88. The molecule has 2 aromatic rings. The number of aliphatic hydroxyl groups is 1. The molecule has 0 bridgehead atoms. The molecule has 0 unspecified atom stereocenters. The van der Waals surface area contributed by atoms with Gasteiger partial charge in [-0.2, -0.15) is 0 Å². The summed E-state index contributed by atoms with van der Waals surface area (Å²) in [6, 6.07) is 3.64. The van der Waals surface area contributed by atoms with E-state index in [2.05, 4.69) is 10.4 Å². The van der Waals surface area contributed by atoms with Gasteiger partial charge in [0, 0.05) is 17.8 Å². The molecular weight excluding hydrogens is 168 g/mol. The van der Waals surface area contributed by atoms with Crippen LogP contribution in [0.5, 0.6) is 0 Å². The van der Waals surface area contributed by atoms with E-state index < -0.39 is 0 Å². The van der Waals surface area contributed by atoms with E-state index >= 15 is 0 Å². The first-order chi connectivity index (χ1) is 6.36. The molecule has 0 aliphatic rings. The van der Waals surface area contributed by atoms with Gasteiger partial charge < -0.3 is 15.1 Å². The van der Waals surface area contributed by atoms with Crippen molar-refractivity contribution in [1.82, 2.24) is 9.55 Å². The summed E-state index contributed by atoms with van der Waals surface area (Å²) in [6.07, 6.45) is 3.40. The number of rotatable bonds is 2. The quantitative estimate of drug-likeness (QED) is 0.456. The molecule has 0 aliphatic carbocycles. The summed E-state index contributed by atoms with van der Waals surface area (Å²) < 4.78 is 1.64. The van der Waals surface area contributed by atoms with Crippen LogP contribution in [0.2, 0.25) is 0 Å². The van der Waals surface area contributed by atoms with Crippen molar-refractivity contribution >= 4 is 16.7 Å². The van der Waals surface area contributed by atoms with Crippen molar-refractivity contribution in [2.45, 2.75) is 6.73 Å². The van der Waals surface area contributed by atoms with Crippen molar-refractivity contribution in [3.05, 3.63) is 24.5 Å². The van der Waals surface area contributed by atoms with E-state index in [0.29, 0.717) is 0 Å². The third-order valence-electron chi connectivity index (χ3n) is 1.97. The summed E-state index contributed by atoms with van der Waals surface area (Å²) in [4.78, 5) is 4.13. The Morgan fingerprint density at radius 1 is 1.54 bits per heavy atom. The fourth-order valence-corrected chi connectivity index (χ4v) is 1.33. The van der Waals surface area contributed by atoms with Gasteiger partial charge in [-0.25, -0.2) is 4.98 Å². The number of nitrogen functional groups attached to an aromatic ring is 1. The largest absolute Gasteiger partial charge is 0.376 e. The zero-order valence-corrected chi connectivity index (χ0v) is 6.94. The van der Waals surface area contributed by atoms with E-state index in [4.69, 9.17) is 10.9 Å². The normalized spacial score (nSPS) is 10.6. The van der Waals surface area contributed by atoms with Crippen LogP contribution < -0.4 is 11.3 Å². The van der Waals surface area contributed by atoms with Gasteiger partial charge in [0.2, 0.25) is 0 Å². The van der Waals surface area contributed by atoms with Crippen LogP contribution in [-0.2, 0) is 6.73 Å². The maximum absolute atomic E-state index is 8.96. The predicted octanol–water partition coefficient (Wildman–Crippen LogP) is 0.272. The van der Waals surface area contributed by atoms with Gasteiger partial charge in [0.25, 0.3) is 0 Å². The maximum atomic E-state index is 8.96. The van der Waals surface area contributed by atoms with Crippen molar-refractivity contribution in [2.24, 2.45) is 5.84 Å². The van der Waals surface area contributed by atoms with Crippen molar-refractivity contribution in [3.63, 3.8) is 0 Å². The number of nitrogens with zero attached hydrogens (tertiary/aromatic N) is 2. The lowest BCUT2D eigenvalue weighted by Gasteiger charge is -2.02. The molecule has 2 rings (SSSR count). The van der Waals surface area contributed by atoms with Gasteiger partial charge in [-0.3, -0.25) is 5.84 Å². The van der Waals surface area contributed by atoms with Gasteiger partial charge in [0.15, 0.2) is 0 Å². The maximum Gasteiger partial charge on any atom is 0.143 e. The van der Waals surface area contributed by atoms with Gasteiger partial charge in [-0.05, 0) is 12.1 Å². The lowest BCUT2D eigenvalue weighted by Crippen LogP contribution is -2.07. The molecule has 0 amide bonds. The lowest BCUT2D eigenvalue weighted by molar-refractivity contribution is 0.215. The third-order valence-corrected chi connectivity index (χ3v) is 1.97. The van der Waals surface area contributed by atoms with E-state index in [1.165, 1.54) is 0 Å². The Morgan fingerprint density at radius 2 is 2.38 bits per heavy atom. The molecule has 68 valence electrons. The van der Waals surface area contributed by atoms with Gasteiger partial charge >= 0.3 is 0 Å². The minimum absolute atomic E-state index is 0.0788. The molecule has 0 atom stereocenters. The Labute approximate surface area is 74.8 Å². The highest BCUT2D eigenvalue weighted by Crippen LogP contribution is 2.20. The fourth-order valence-electron chi connectivity index (χ4n) is 1.33. The molecule has 5 heteroatoms. The topological polar surface area (TPSA) is 76.1 Å². The Balaban J connectivity index is 2.72. The zero-order valence-electron chi connectivity index (χ0n) is 6.94. The number of aromatic nitrogens is 2. The number of pyridine rings is 1. The van der Waals surface area contributed by atoms with E-state index in [-0.39, 0.29) is 6.73 Å². The van der Waals surface area contributed by atoms with E-state index in [9.17, 15) is 0 Å². The van der Waals surface area contributed by atoms with Gasteiger partial charge in [0.1, 0.15) is 12.4 Å². The number of nitrogens with two attached hydrogens (primary N) is 1. The molecule has 0 aromatic carbocycles. The summed E-state index contributed by atoms with van der Waals surface area (Å²) in [5, 5.41) is 9.86. The fraction of sp³-hybridized carbons (Fsp3) is 0.125. The molecule has 0 aliphatic heterocycles. The SMILES string of the molecule is NNc1ccnc2c1ccn2CO. The average Bonchev–Trinajstić information content (AvgIpc) is 2.60. The van der Waals surface area contributed by atoms with Crippen LogP contribution in [0, 0.1) is 0 Å². The van der Waals surface area contributed by atoms with Gasteiger partial charge in [0.05, 0.1) is 5.69 Å². The van der Waals surface area contributed by atoms with Crippen LogP contribution in [0.25, 0.3) is 11.0 Å². The second-order valence-corrected chi connectivity index (χ2v) is 2.67. The molecule has 2 heterocycles. The molecule has 13 heavy (non-hydrogen) atoms. The molecular formula is C8H10N4O. The molecule has 0 saturated heterocycles. The standard InChI is InChI=1S/C8H10N4O/c9-11-7-1-3-10-8-6(7)2-4-12(8)5-13/h1-4,13H,5,9H2,(H,10,11). The summed E-state index contributed by atoms with van der Waals surface area (Å²) in [5.41, 5.74) is 4.10. The number of aliphatic hydroxyl groups excluding tert-OH is 1. The highest BCUT2D eigenvalue weighted by Gasteiger charge is 2.04. The number of nitrogens with one attached hydrogen (secondary N) is 1. The first kappa shape index (κ1) is 8.03. The summed E-state index contributed by atoms with van der Waals surface area (Å²) >= 11 is 0. The summed E-state index contributed by atoms with van der Waals surface area (Å²) in [6.45, 7) is -0.0788. The van der Waals surface area contributed by atoms with Crippen molar-refractivity contribution in [3.8, 4) is 0 Å². The lowest BCUT2D eigenvalue weighted by atomic mass is 10.3. The van der Waals surface area contributed by atoms with Crippen LogP contribution in [0.1, 0.15) is 0 Å². The second-order valence-electron chi connectivity index (χ2n) is 2.67. The molecule has 0 radical (unpaired) electrons. The smallest absolute Gasteiger partial charge is 0.143 e.